The molecule has 1 heterocycles. The zero-order valence-electron chi connectivity index (χ0n) is 11.7. The van der Waals surface area contributed by atoms with Crippen molar-refractivity contribution in [2.24, 2.45) is 0 Å². The van der Waals surface area contributed by atoms with E-state index in [0.29, 0.717) is 17.7 Å². The lowest BCUT2D eigenvalue weighted by Gasteiger charge is -2.30. The molecular weight excluding hydrogens is 268 g/mol. The Balaban J connectivity index is 2.07. The summed E-state index contributed by atoms with van der Waals surface area (Å²) in [4.78, 5) is 11.7. The molecule has 0 fully saturated rings. The molecule has 21 heavy (non-hydrogen) atoms. The minimum Gasteiger partial charge on any atom is -0.465 e. The molecule has 1 N–H and O–H groups in total. The normalized spacial score (nSPS) is 20.3. The summed E-state index contributed by atoms with van der Waals surface area (Å²) in [7, 11) is 1.36. The third-order valence-corrected chi connectivity index (χ3v) is 3.71. The lowest BCUT2D eigenvalue weighted by atomic mass is 9.85. The molecule has 2 atom stereocenters. The van der Waals surface area contributed by atoms with E-state index in [-0.39, 0.29) is 11.9 Å². The van der Waals surface area contributed by atoms with Crippen LogP contribution in [0.15, 0.2) is 48.5 Å². The molecule has 2 unspecified atom stereocenters. The maximum Gasteiger partial charge on any atom is 0.337 e. The van der Waals surface area contributed by atoms with Crippen LogP contribution in [0, 0.1) is 0 Å². The van der Waals surface area contributed by atoms with Crippen LogP contribution < -0.4 is 4.74 Å². The smallest absolute Gasteiger partial charge is 0.337 e. The van der Waals surface area contributed by atoms with Crippen molar-refractivity contribution in [3.8, 4) is 5.75 Å². The number of carbonyl (C=O) groups is 1. The summed E-state index contributed by atoms with van der Waals surface area (Å²) in [5, 5.41) is 9.90. The Hall–Kier alpha value is -2.33. The number of aliphatic hydroxyl groups is 1. The van der Waals surface area contributed by atoms with Gasteiger partial charge in [0.25, 0.3) is 0 Å². The van der Waals surface area contributed by atoms with Crippen LogP contribution in [0.25, 0.3) is 0 Å². The van der Waals surface area contributed by atoms with Crippen LogP contribution in [0.3, 0.4) is 0 Å². The van der Waals surface area contributed by atoms with E-state index in [9.17, 15) is 9.90 Å². The highest BCUT2D eigenvalue weighted by Crippen LogP contribution is 2.40. The number of hydrogen-bond donors (Lipinski definition) is 1. The second-order valence-corrected chi connectivity index (χ2v) is 5.02. The summed E-state index contributed by atoms with van der Waals surface area (Å²) in [6.45, 7) is 0. The Morgan fingerprint density at radius 3 is 2.71 bits per heavy atom. The van der Waals surface area contributed by atoms with E-state index < -0.39 is 6.29 Å². The second kappa shape index (κ2) is 5.58. The van der Waals surface area contributed by atoms with Crippen molar-refractivity contribution >= 4 is 5.97 Å². The van der Waals surface area contributed by atoms with Gasteiger partial charge in [-0.1, -0.05) is 30.3 Å². The second-order valence-electron chi connectivity index (χ2n) is 5.02. The summed E-state index contributed by atoms with van der Waals surface area (Å²) in [6, 6.07) is 15.0. The average molecular weight is 284 g/mol. The van der Waals surface area contributed by atoms with E-state index in [4.69, 9.17) is 9.47 Å². The first kappa shape index (κ1) is 13.6. The summed E-state index contributed by atoms with van der Waals surface area (Å²) < 4.78 is 10.2. The summed E-state index contributed by atoms with van der Waals surface area (Å²) in [6.07, 6.45) is -0.381. The Labute approximate surface area is 122 Å². The number of esters is 1. The van der Waals surface area contributed by atoms with Crippen LogP contribution >= 0.6 is 0 Å². The molecule has 0 bridgehead atoms. The van der Waals surface area contributed by atoms with Crippen LogP contribution in [-0.2, 0) is 4.74 Å². The molecule has 0 aromatic heterocycles. The quantitative estimate of drug-likeness (QED) is 0.861. The van der Waals surface area contributed by atoms with Crippen LogP contribution in [-0.4, -0.2) is 24.5 Å². The highest BCUT2D eigenvalue weighted by atomic mass is 16.6. The molecule has 4 heteroatoms. The third-order valence-electron chi connectivity index (χ3n) is 3.71. The van der Waals surface area contributed by atoms with Crippen molar-refractivity contribution in [3.05, 3.63) is 65.2 Å². The zero-order valence-corrected chi connectivity index (χ0v) is 11.7. The van der Waals surface area contributed by atoms with Gasteiger partial charge < -0.3 is 14.6 Å². The van der Waals surface area contributed by atoms with Gasteiger partial charge in [-0.3, -0.25) is 0 Å². The van der Waals surface area contributed by atoms with Crippen LogP contribution in [0.2, 0.25) is 0 Å². The molecule has 2 aromatic rings. The number of aliphatic hydroxyl groups excluding tert-OH is 1. The van der Waals surface area contributed by atoms with Crippen molar-refractivity contribution in [2.45, 2.75) is 18.6 Å². The Morgan fingerprint density at radius 2 is 2.00 bits per heavy atom. The molecule has 0 spiro atoms. The molecule has 0 radical (unpaired) electrons. The maximum atomic E-state index is 11.7. The predicted octanol–water partition coefficient (Wildman–Crippen LogP) is 2.71. The van der Waals surface area contributed by atoms with Crippen molar-refractivity contribution in [3.63, 3.8) is 0 Å². The van der Waals surface area contributed by atoms with Gasteiger partial charge in [0.2, 0.25) is 0 Å². The summed E-state index contributed by atoms with van der Waals surface area (Å²) >= 11 is 0. The molecule has 2 aromatic carbocycles. The number of hydrogen-bond acceptors (Lipinski definition) is 4. The SMILES string of the molecule is COC(=O)c1ccc2c(c1)C(c1ccccc1)CC(O)O2. The summed E-state index contributed by atoms with van der Waals surface area (Å²) in [5.74, 6) is 0.223. The number of ether oxygens (including phenoxy) is 2. The molecule has 0 amide bonds. The van der Waals surface area contributed by atoms with Gasteiger partial charge in [-0.25, -0.2) is 4.79 Å². The minimum absolute atomic E-state index is 0.00504. The van der Waals surface area contributed by atoms with Crippen molar-refractivity contribution < 1.29 is 19.4 Å². The van der Waals surface area contributed by atoms with Gasteiger partial charge in [-0.15, -0.1) is 0 Å². The van der Waals surface area contributed by atoms with E-state index in [1.807, 2.05) is 30.3 Å². The number of benzene rings is 2. The lowest BCUT2D eigenvalue weighted by Crippen LogP contribution is -2.26. The molecule has 0 saturated carbocycles. The number of fused-ring (bicyclic) bond motifs is 1. The van der Waals surface area contributed by atoms with Crippen molar-refractivity contribution in [1.82, 2.24) is 0 Å². The van der Waals surface area contributed by atoms with Crippen LogP contribution in [0.1, 0.15) is 33.8 Å². The standard InChI is InChI=1S/C17H16O4/c1-20-17(19)12-7-8-15-14(9-12)13(10-16(18)21-15)11-5-3-2-4-6-11/h2-9,13,16,18H,10H2,1H3. The van der Waals surface area contributed by atoms with Crippen LogP contribution in [0.4, 0.5) is 0 Å². The van der Waals surface area contributed by atoms with Gasteiger partial charge in [0.1, 0.15) is 5.75 Å². The first-order valence-electron chi connectivity index (χ1n) is 6.81. The summed E-state index contributed by atoms with van der Waals surface area (Å²) in [5.41, 5.74) is 2.47. The van der Waals surface area contributed by atoms with Gasteiger partial charge in [-0.05, 0) is 23.8 Å². The number of rotatable bonds is 2. The van der Waals surface area contributed by atoms with Crippen molar-refractivity contribution in [2.75, 3.05) is 7.11 Å². The molecule has 1 aliphatic rings. The lowest BCUT2D eigenvalue weighted by molar-refractivity contribution is -0.0359. The first-order valence-corrected chi connectivity index (χ1v) is 6.81. The van der Waals surface area contributed by atoms with E-state index in [1.54, 1.807) is 18.2 Å². The molecule has 3 rings (SSSR count). The third kappa shape index (κ3) is 2.62. The Morgan fingerprint density at radius 1 is 1.24 bits per heavy atom. The fraction of sp³-hybridized carbons (Fsp3) is 0.235. The van der Waals surface area contributed by atoms with Crippen LogP contribution in [0.5, 0.6) is 5.75 Å². The van der Waals surface area contributed by atoms with E-state index in [1.165, 1.54) is 7.11 Å². The molecule has 4 nitrogen and oxygen atoms in total. The molecule has 108 valence electrons. The van der Waals surface area contributed by atoms with Gasteiger partial charge in [0.15, 0.2) is 6.29 Å². The molecule has 0 aliphatic carbocycles. The first-order chi connectivity index (χ1) is 10.2. The fourth-order valence-corrected chi connectivity index (χ4v) is 2.70. The van der Waals surface area contributed by atoms with E-state index in [2.05, 4.69) is 0 Å². The minimum atomic E-state index is -0.841. The molecule has 1 aliphatic heterocycles. The molecule has 0 saturated heterocycles. The average Bonchev–Trinajstić information content (AvgIpc) is 2.53. The Kier molecular flexibility index (Phi) is 3.62. The van der Waals surface area contributed by atoms with Gasteiger partial charge in [-0.2, -0.15) is 0 Å². The monoisotopic (exact) mass is 284 g/mol. The Bertz CT molecular complexity index is 651. The number of carbonyl (C=O) groups excluding carboxylic acids is 1. The van der Waals surface area contributed by atoms with Gasteiger partial charge in [0.05, 0.1) is 12.7 Å². The van der Waals surface area contributed by atoms with Crippen molar-refractivity contribution in [1.29, 1.82) is 0 Å². The van der Waals surface area contributed by atoms with E-state index in [0.717, 1.165) is 11.1 Å². The van der Waals surface area contributed by atoms with Gasteiger partial charge in [0, 0.05) is 17.9 Å². The molecular formula is C17H16O4. The van der Waals surface area contributed by atoms with E-state index >= 15 is 0 Å². The fourth-order valence-electron chi connectivity index (χ4n) is 2.70. The maximum absolute atomic E-state index is 11.7. The van der Waals surface area contributed by atoms with Gasteiger partial charge >= 0.3 is 5.97 Å². The topological polar surface area (TPSA) is 55.8 Å². The highest BCUT2D eigenvalue weighted by Gasteiger charge is 2.29. The highest BCUT2D eigenvalue weighted by molar-refractivity contribution is 5.89. The largest absolute Gasteiger partial charge is 0.465 e. The number of methoxy groups -OCH3 is 1. The predicted molar refractivity (Wildman–Crippen MR) is 77.3 cm³/mol. The zero-order chi connectivity index (χ0) is 14.8.